The third kappa shape index (κ3) is 3.99. The number of piperazine rings is 1. The van der Waals surface area contributed by atoms with E-state index in [9.17, 15) is 8.78 Å². The number of rotatable bonds is 4. The molecule has 0 unspecified atom stereocenters. The first-order valence-corrected chi connectivity index (χ1v) is 11.6. The second-order valence-electron chi connectivity index (χ2n) is 8.60. The highest BCUT2D eigenvalue weighted by molar-refractivity contribution is 6.02. The van der Waals surface area contributed by atoms with E-state index in [1.165, 1.54) is 24.3 Å². The second kappa shape index (κ2) is 8.83. The number of halogens is 2. The van der Waals surface area contributed by atoms with E-state index in [-0.39, 0.29) is 11.6 Å². The Kier molecular flexibility index (Phi) is 5.37. The van der Waals surface area contributed by atoms with Gasteiger partial charge in [-0.1, -0.05) is 30.3 Å². The van der Waals surface area contributed by atoms with E-state index >= 15 is 0 Å². The summed E-state index contributed by atoms with van der Waals surface area (Å²) in [5, 5.41) is 0.971. The highest BCUT2D eigenvalue weighted by Gasteiger charge is 2.24. The van der Waals surface area contributed by atoms with Crippen LogP contribution in [0.5, 0.6) is 0 Å². The van der Waals surface area contributed by atoms with E-state index < -0.39 is 0 Å². The first-order chi connectivity index (χ1) is 17.2. The smallest absolute Gasteiger partial charge is 0.150 e. The lowest BCUT2D eigenvalue weighted by Gasteiger charge is -2.37. The molecule has 0 aliphatic carbocycles. The number of hydrogen-bond acceptors (Lipinski definition) is 4. The summed E-state index contributed by atoms with van der Waals surface area (Å²) in [6.07, 6.45) is 3.65. The zero-order valence-corrected chi connectivity index (χ0v) is 19.0. The van der Waals surface area contributed by atoms with Crippen molar-refractivity contribution in [2.24, 2.45) is 0 Å². The zero-order valence-electron chi connectivity index (χ0n) is 19.0. The van der Waals surface area contributed by atoms with Gasteiger partial charge < -0.3 is 14.4 Å². The van der Waals surface area contributed by atoms with Crippen molar-refractivity contribution in [3.05, 3.63) is 103 Å². The van der Waals surface area contributed by atoms with Crippen LogP contribution >= 0.6 is 0 Å². The molecular weight excluding hydrogens is 444 g/mol. The molecule has 5 nitrogen and oxygen atoms in total. The molecule has 5 aromatic rings. The third-order valence-corrected chi connectivity index (χ3v) is 6.52. The Bertz CT molecular complexity index is 1460. The van der Waals surface area contributed by atoms with Gasteiger partial charge in [-0.15, -0.1) is 0 Å². The number of aromatic nitrogens is 3. The Labute approximate surface area is 201 Å². The van der Waals surface area contributed by atoms with Crippen molar-refractivity contribution in [2.75, 3.05) is 36.0 Å². The quantitative estimate of drug-likeness (QED) is 0.340. The average Bonchev–Trinajstić information content (AvgIpc) is 3.30. The van der Waals surface area contributed by atoms with Crippen LogP contribution in [0.4, 0.5) is 20.3 Å². The molecule has 7 heteroatoms. The van der Waals surface area contributed by atoms with Crippen molar-refractivity contribution < 1.29 is 8.78 Å². The van der Waals surface area contributed by atoms with Crippen LogP contribution in [-0.4, -0.2) is 40.7 Å². The SMILES string of the molecule is Fc1ccc(N2CCN(c3ncnc4c3c(-c3ccccc3)cn4-c3ccc(F)cc3)CC2)cc1. The van der Waals surface area contributed by atoms with Gasteiger partial charge in [0.25, 0.3) is 0 Å². The van der Waals surface area contributed by atoms with Crippen LogP contribution in [-0.2, 0) is 0 Å². The molecular formula is C28H23F2N5. The predicted octanol–water partition coefficient (Wildman–Crippen LogP) is 5.69. The fraction of sp³-hybridized carbons (Fsp3) is 0.143. The lowest BCUT2D eigenvalue weighted by molar-refractivity contribution is 0.624. The summed E-state index contributed by atoms with van der Waals surface area (Å²) in [5.41, 5.74) is 4.73. The fourth-order valence-corrected chi connectivity index (χ4v) is 4.75. The summed E-state index contributed by atoms with van der Waals surface area (Å²) in [7, 11) is 0. The van der Waals surface area contributed by atoms with Crippen molar-refractivity contribution >= 4 is 22.5 Å². The standard InChI is InChI=1S/C28H23F2N5/c29-21-6-10-23(11-7-21)33-14-16-34(17-15-33)27-26-25(20-4-2-1-3-5-20)18-35(28(26)32-19-31-27)24-12-8-22(30)9-13-24/h1-13,18-19H,14-17H2. The molecule has 3 heterocycles. The Morgan fingerprint density at radius 1 is 0.629 bits per heavy atom. The molecule has 1 saturated heterocycles. The lowest BCUT2D eigenvalue weighted by atomic mass is 10.1. The summed E-state index contributed by atoms with van der Waals surface area (Å²) in [6, 6.07) is 23.3. The van der Waals surface area contributed by atoms with Crippen LogP contribution in [0.15, 0.2) is 91.4 Å². The van der Waals surface area contributed by atoms with E-state index in [2.05, 4.69) is 33.1 Å². The van der Waals surface area contributed by atoms with Crippen LogP contribution in [0.3, 0.4) is 0 Å². The topological polar surface area (TPSA) is 37.2 Å². The minimum absolute atomic E-state index is 0.227. The molecule has 1 fully saturated rings. The van der Waals surface area contributed by atoms with Gasteiger partial charge in [-0.25, -0.2) is 18.7 Å². The average molecular weight is 468 g/mol. The first kappa shape index (κ1) is 21.3. The highest BCUT2D eigenvalue weighted by Crippen LogP contribution is 2.37. The van der Waals surface area contributed by atoms with Gasteiger partial charge in [-0.05, 0) is 54.1 Å². The fourth-order valence-electron chi connectivity index (χ4n) is 4.75. The number of hydrogen-bond donors (Lipinski definition) is 0. The number of fused-ring (bicyclic) bond motifs is 1. The van der Waals surface area contributed by atoms with Gasteiger partial charge in [0.05, 0.1) is 5.39 Å². The van der Waals surface area contributed by atoms with Crippen LogP contribution in [0.1, 0.15) is 0 Å². The molecule has 0 atom stereocenters. The Hall–Kier alpha value is -4.26. The normalized spacial score (nSPS) is 14.0. The van der Waals surface area contributed by atoms with Gasteiger partial charge in [0.15, 0.2) is 5.65 Å². The maximum absolute atomic E-state index is 13.6. The minimum atomic E-state index is -0.275. The summed E-state index contributed by atoms with van der Waals surface area (Å²) in [6.45, 7) is 3.16. The van der Waals surface area contributed by atoms with Gasteiger partial charge in [-0.2, -0.15) is 0 Å². The monoisotopic (exact) mass is 467 g/mol. The third-order valence-electron chi connectivity index (χ3n) is 6.52. The molecule has 2 aromatic heterocycles. The Balaban J connectivity index is 1.41. The van der Waals surface area contributed by atoms with Gasteiger partial charge in [0.1, 0.15) is 23.8 Å². The van der Waals surface area contributed by atoms with Gasteiger partial charge >= 0.3 is 0 Å². The summed E-state index contributed by atoms with van der Waals surface area (Å²) < 4.78 is 28.9. The molecule has 0 N–H and O–H groups in total. The van der Waals surface area contributed by atoms with Crippen molar-refractivity contribution in [1.29, 1.82) is 0 Å². The van der Waals surface area contributed by atoms with Crippen molar-refractivity contribution in [3.8, 4) is 16.8 Å². The highest BCUT2D eigenvalue weighted by atomic mass is 19.1. The molecule has 3 aromatic carbocycles. The Morgan fingerprint density at radius 3 is 1.89 bits per heavy atom. The molecule has 1 aliphatic heterocycles. The second-order valence-corrected chi connectivity index (χ2v) is 8.60. The summed E-state index contributed by atoms with van der Waals surface area (Å²) >= 11 is 0. The number of anilines is 2. The summed E-state index contributed by atoms with van der Waals surface area (Å²) in [4.78, 5) is 13.9. The van der Waals surface area contributed by atoms with Crippen LogP contribution in [0.2, 0.25) is 0 Å². The van der Waals surface area contributed by atoms with Crippen molar-refractivity contribution in [3.63, 3.8) is 0 Å². The zero-order chi connectivity index (χ0) is 23.8. The number of nitrogens with zero attached hydrogens (tertiary/aromatic N) is 5. The van der Waals surface area contributed by atoms with E-state index in [4.69, 9.17) is 4.98 Å². The molecule has 0 spiro atoms. The van der Waals surface area contributed by atoms with E-state index in [1.807, 2.05) is 34.9 Å². The van der Waals surface area contributed by atoms with Gasteiger partial charge in [0.2, 0.25) is 0 Å². The molecule has 35 heavy (non-hydrogen) atoms. The Morgan fingerprint density at radius 2 is 1.23 bits per heavy atom. The molecule has 0 radical (unpaired) electrons. The first-order valence-electron chi connectivity index (χ1n) is 11.6. The maximum atomic E-state index is 13.6. The van der Waals surface area contributed by atoms with E-state index in [0.717, 1.165) is 65.5 Å². The molecule has 0 bridgehead atoms. The molecule has 1 aliphatic rings. The van der Waals surface area contributed by atoms with Crippen LogP contribution in [0.25, 0.3) is 27.8 Å². The maximum Gasteiger partial charge on any atom is 0.150 e. The van der Waals surface area contributed by atoms with E-state index in [0.29, 0.717) is 0 Å². The van der Waals surface area contributed by atoms with Gasteiger partial charge in [0, 0.05) is 49.3 Å². The van der Waals surface area contributed by atoms with E-state index in [1.54, 1.807) is 18.5 Å². The molecule has 6 rings (SSSR count). The minimum Gasteiger partial charge on any atom is -0.368 e. The van der Waals surface area contributed by atoms with Gasteiger partial charge in [-0.3, -0.25) is 0 Å². The largest absolute Gasteiger partial charge is 0.368 e. The molecule has 0 amide bonds. The predicted molar refractivity (Wildman–Crippen MR) is 135 cm³/mol. The van der Waals surface area contributed by atoms with Crippen molar-refractivity contribution in [2.45, 2.75) is 0 Å². The van der Waals surface area contributed by atoms with Crippen LogP contribution in [0, 0.1) is 11.6 Å². The molecule has 0 saturated carbocycles. The molecule has 174 valence electrons. The lowest BCUT2D eigenvalue weighted by Crippen LogP contribution is -2.46. The number of benzene rings is 3. The van der Waals surface area contributed by atoms with Crippen molar-refractivity contribution in [1.82, 2.24) is 14.5 Å². The van der Waals surface area contributed by atoms with Crippen LogP contribution < -0.4 is 9.80 Å². The summed E-state index contributed by atoms with van der Waals surface area (Å²) in [5.74, 6) is 0.381.